The summed E-state index contributed by atoms with van der Waals surface area (Å²) in [6, 6.07) is 4.11. The number of aliphatic hydroxyl groups excluding tert-OH is 1. The van der Waals surface area contributed by atoms with Gasteiger partial charge in [0.25, 0.3) is 11.6 Å². The Morgan fingerprint density at radius 1 is 1.63 bits per heavy atom. The molecule has 1 aromatic heterocycles. The molecule has 19 heavy (non-hydrogen) atoms. The Hall–Kier alpha value is -2.48. The minimum absolute atomic E-state index is 0.0688. The third-order valence-electron chi connectivity index (χ3n) is 2.53. The number of carbonyl (C=O) groups is 1. The van der Waals surface area contributed by atoms with Crippen molar-refractivity contribution in [2.75, 3.05) is 6.54 Å². The number of aliphatic hydroxyl groups is 1. The molecule has 8 nitrogen and oxygen atoms in total. The Kier molecular flexibility index (Phi) is 3.43. The maximum absolute atomic E-state index is 11.8. The van der Waals surface area contributed by atoms with Gasteiger partial charge in [-0.05, 0) is 13.0 Å². The molecule has 0 aliphatic rings. The van der Waals surface area contributed by atoms with E-state index in [1.807, 2.05) is 0 Å². The molecular weight excluding hydrogens is 252 g/mol. The van der Waals surface area contributed by atoms with Crippen molar-refractivity contribution in [3.05, 3.63) is 34.0 Å². The van der Waals surface area contributed by atoms with Gasteiger partial charge in [-0.3, -0.25) is 20.0 Å². The zero-order valence-electron chi connectivity index (χ0n) is 10.1. The molecule has 0 saturated carbocycles. The van der Waals surface area contributed by atoms with Crippen LogP contribution in [0.15, 0.2) is 18.2 Å². The number of non-ortho nitro benzene ring substituents is 1. The first-order valence-electron chi connectivity index (χ1n) is 5.58. The van der Waals surface area contributed by atoms with E-state index in [9.17, 15) is 14.9 Å². The highest BCUT2D eigenvalue weighted by Gasteiger charge is 2.17. The highest BCUT2D eigenvalue weighted by atomic mass is 16.6. The SMILES string of the molecule is CC(O)CNC(=O)c1n[nH]c2ccc([N+](=O)[O-])cc12. The summed E-state index contributed by atoms with van der Waals surface area (Å²) in [7, 11) is 0. The van der Waals surface area contributed by atoms with E-state index in [0.717, 1.165) is 0 Å². The quantitative estimate of drug-likeness (QED) is 0.551. The van der Waals surface area contributed by atoms with Crippen LogP contribution < -0.4 is 5.32 Å². The lowest BCUT2D eigenvalue weighted by molar-refractivity contribution is -0.384. The van der Waals surface area contributed by atoms with Gasteiger partial charge >= 0.3 is 0 Å². The number of nitrogens with zero attached hydrogens (tertiary/aromatic N) is 2. The van der Waals surface area contributed by atoms with Gasteiger partial charge in [-0.15, -0.1) is 0 Å². The number of fused-ring (bicyclic) bond motifs is 1. The number of nitro benzene ring substituents is 1. The molecule has 0 spiro atoms. The summed E-state index contributed by atoms with van der Waals surface area (Å²) in [6.07, 6.45) is -0.677. The van der Waals surface area contributed by atoms with Gasteiger partial charge in [-0.25, -0.2) is 0 Å². The lowest BCUT2D eigenvalue weighted by Gasteiger charge is -2.05. The van der Waals surface area contributed by atoms with Crippen molar-refractivity contribution in [3.8, 4) is 0 Å². The predicted octanol–water partition coefficient (Wildman–Crippen LogP) is 0.582. The van der Waals surface area contributed by atoms with Crippen LogP contribution in [0.2, 0.25) is 0 Å². The molecule has 3 N–H and O–H groups in total. The number of H-pyrrole nitrogens is 1. The third kappa shape index (κ3) is 2.68. The van der Waals surface area contributed by atoms with Gasteiger partial charge in [0.1, 0.15) is 0 Å². The first-order valence-corrected chi connectivity index (χ1v) is 5.58. The molecule has 0 saturated heterocycles. The van der Waals surface area contributed by atoms with Gasteiger partial charge in [0.15, 0.2) is 5.69 Å². The van der Waals surface area contributed by atoms with Crippen LogP contribution in [-0.2, 0) is 0 Å². The lowest BCUT2D eigenvalue weighted by atomic mass is 10.2. The van der Waals surface area contributed by atoms with E-state index in [1.54, 1.807) is 0 Å². The molecule has 1 amide bonds. The Morgan fingerprint density at radius 3 is 3.00 bits per heavy atom. The topological polar surface area (TPSA) is 121 Å². The van der Waals surface area contributed by atoms with E-state index < -0.39 is 16.9 Å². The van der Waals surface area contributed by atoms with Gasteiger partial charge in [0.05, 0.1) is 16.5 Å². The summed E-state index contributed by atoms with van der Waals surface area (Å²) in [5.74, 6) is -0.493. The van der Waals surface area contributed by atoms with Crippen molar-refractivity contribution in [2.45, 2.75) is 13.0 Å². The van der Waals surface area contributed by atoms with E-state index in [1.165, 1.54) is 25.1 Å². The summed E-state index contributed by atoms with van der Waals surface area (Å²) in [6.45, 7) is 1.62. The Balaban J connectivity index is 2.35. The van der Waals surface area contributed by atoms with Crippen molar-refractivity contribution < 1.29 is 14.8 Å². The van der Waals surface area contributed by atoms with Crippen LogP contribution in [0.3, 0.4) is 0 Å². The lowest BCUT2D eigenvalue weighted by Crippen LogP contribution is -2.30. The molecule has 8 heteroatoms. The van der Waals surface area contributed by atoms with E-state index >= 15 is 0 Å². The number of carbonyl (C=O) groups excluding carboxylic acids is 1. The molecule has 0 aliphatic carbocycles. The number of benzene rings is 1. The van der Waals surface area contributed by atoms with Gasteiger partial charge in [-0.2, -0.15) is 5.10 Å². The second-order valence-electron chi connectivity index (χ2n) is 4.12. The van der Waals surface area contributed by atoms with Crippen molar-refractivity contribution >= 4 is 22.5 Å². The molecule has 0 aliphatic heterocycles. The number of hydrogen-bond donors (Lipinski definition) is 3. The predicted molar refractivity (Wildman–Crippen MR) is 66.8 cm³/mol. The summed E-state index contributed by atoms with van der Waals surface area (Å²) >= 11 is 0. The van der Waals surface area contributed by atoms with E-state index in [2.05, 4.69) is 15.5 Å². The Morgan fingerprint density at radius 2 is 2.37 bits per heavy atom. The second-order valence-corrected chi connectivity index (χ2v) is 4.12. The van der Waals surface area contributed by atoms with Gasteiger partial charge < -0.3 is 10.4 Å². The van der Waals surface area contributed by atoms with E-state index in [0.29, 0.717) is 10.9 Å². The molecule has 2 rings (SSSR count). The maximum atomic E-state index is 11.8. The zero-order valence-corrected chi connectivity index (χ0v) is 10.1. The molecule has 0 fully saturated rings. The van der Waals surface area contributed by atoms with E-state index in [4.69, 9.17) is 5.11 Å². The van der Waals surface area contributed by atoms with Gasteiger partial charge in [0, 0.05) is 24.1 Å². The minimum atomic E-state index is -0.677. The molecule has 100 valence electrons. The Bertz CT molecular complexity index is 635. The van der Waals surface area contributed by atoms with Crippen molar-refractivity contribution in [3.63, 3.8) is 0 Å². The smallest absolute Gasteiger partial charge is 0.272 e. The fourth-order valence-electron chi connectivity index (χ4n) is 1.61. The fourth-order valence-corrected chi connectivity index (χ4v) is 1.61. The highest BCUT2D eigenvalue weighted by molar-refractivity contribution is 6.05. The zero-order chi connectivity index (χ0) is 14.0. The number of aromatic amines is 1. The first kappa shape index (κ1) is 13.0. The van der Waals surface area contributed by atoms with Crippen LogP contribution in [0, 0.1) is 10.1 Å². The minimum Gasteiger partial charge on any atom is -0.392 e. The van der Waals surface area contributed by atoms with Crippen molar-refractivity contribution in [1.82, 2.24) is 15.5 Å². The van der Waals surface area contributed by atoms with Crippen LogP contribution in [0.1, 0.15) is 17.4 Å². The maximum Gasteiger partial charge on any atom is 0.272 e. The van der Waals surface area contributed by atoms with E-state index in [-0.39, 0.29) is 17.9 Å². The van der Waals surface area contributed by atoms with Gasteiger partial charge in [-0.1, -0.05) is 0 Å². The third-order valence-corrected chi connectivity index (χ3v) is 2.53. The van der Waals surface area contributed by atoms with Crippen LogP contribution in [0.4, 0.5) is 5.69 Å². The largest absolute Gasteiger partial charge is 0.392 e. The number of hydrogen-bond acceptors (Lipinski definition) is 5. The Labute approximate surface area is 107 Å². The number of aromatic nitrogens is 2. The fraction of sp³-hybridized carbons (Fsp3) is 0.273. The molecule has 0 bridgehead atoms. The molecular formula is C11H12N4O4. The summed E-state index contributed by atoms with van der Waals surface area (Å²) < 4.78 is 0. The molecule has 2 aromatic rings. The van der Waals surface area contributed by atoms with Crippen molar-refractivity contribution in [1.29, 1.82) is 0 Å². The van der Waals surface area contributed by atoms with Crippen LogP contribution in [0.5, 0.6) is 0 Å². The van der Waals surface area contributed by atoms with Crippen LogP contribution >= 0.6 is 0 Å². The molecule has 1 heterocycles. The highest BCUT2D eigenvalue weighted by Crippen LogP contribution is 2.21. The van der Waals surface area contributed by atoms with Crippen molar-refractivity contribution in [2.24, 2.45) is 0 Å². The average Bonchev–Trinajstić information content (AvgIpc) is 2.78. The number of nitrogens with one attached hydrogen (secondary N) is 2. The monoisotopic (exact) mass is 264 g/mol. The standard InChI is InChI=1S/C11H12N4O4/c1-6(16)5-12-11(17)10-8-4-7(15(18)19)2-3-9(8)13-14-10/h2-4,6,16H,5H2,1H3,(H,12,17)(H,13,14). The summed E-state index contributed by atoms with van der Waals surface area (Å²) in [5, 5.41) is 29.1. The van der Waals surface area contributed by atoms with Gasteiger partial charge in [0.2, 0.25) is 0 Å². The molecule has 1 atom stereocenters. The molecule has 1 unspecified atom stereocenters. The summed E-state index contributed by atoms with van der Waals surface area (Å²) in [5.41, 5.74) is 0.491. The number of amides is 1. The van der Waals surface area contributed by atoms with Crippen LogP contribution in [0.25, 0.3) is 10.9 Å². The number of nitro groups is 1. The molecule has 1 aromatic carbocycles. The average molecular weight is 264 g/mol. The summed E-state index contributed by atoms with van der Waals surface area (Å²) in [4.78, 5) is 22.0. The second kappa shape index (κ2) is 5.02. The molecule has 0 radical (unpaired) electrons. The van der Waals surface area contributed by atoms with Crippen LogP contribution in [-0.4, -0.2) is 38.8 Å². The number of rotatable bonds is 4. The normalized spacial score (nSPS) is 12.3. The first-order chi connectivity index (χ1) is 8.99.